The fourth-order valence-electron chi connectivity index (χ4n) is 4.18. The predicted octanol–water partition coefficient (Wildman–Crippen LogP) is 3.11. The van der Waals surface area contributed by atoms with Gasteiger partial charge >= 0.3 is 0 Å². The number of aromatic nitrogens is 2. The molecule has 0 fully saturated rings. The molecule has 0 spiro atoms. The number of hydrogen-bond acceptors (Lipinski definition) is 4. The molecule has 2 N–H and O–H groups in total. The van der Waals surface area contributed by atoms with Crippen LogP contribution >= 0.6 is 0 Å². The van der Waals surface area contributed by atoms with E-state index in [1.807, 2.05) is 23.1 Å². The molecular weight excluding hydrogens is 380 g/mol. The van der Waals surface area contributed by atoms with Crippen LogP contribution < -0.4 is 10.1 Å². The van der Waals surface area contributed by atoms with Crippen LogP contribution in [0, 0.1) is 0 Å². The first-order valence-corrected chi connectivity index (χ1v) is 10.1. The SMILES string of the molecule is O=C1COc2cc(C(=O)N3Cc4[nH]cnc4C(CCc4ccccc4)C3)ccc2N1. The van der Waals surface area contributed by atoms with E-state index in [2.05, 4.69) is 27.4 Å². The molecular formula is C23H22N4O3. The van der Waals surface area contributed by atoms with Gasteiger partial charge in [0.25, 0.3) is 11.8 Å². The number of nitrogens with one attached hydrogen (secondary N) is 2. The molecule has 152 valence electrons. The van der Waals surface area contributed by atoms with Crippen LogP contribution in [-0.4, -0.2) is 39.8 Å². The maximum absolute atomic E-state index is 13.3. The van der Waals surface area contributed by atoms with Gasteiger partial charge in [-0.05, 0) is 36.6 Å². The third-order valence-electron chi connectivity index (χ3n) is 5.70. The lowest BCUT2D eigenvalue weighted by Crippen LogP contribution is -2.38. The van der Waals surface area contributed by atoms with Gasteiger partial charge in [-0.25, -0.2) is 4.98 Å². The Kier molecular flexibility index (Phi) is 4.71. The molecule has 5 rings (SSSR count). The van der Waals surface area contributed by atoms with Crippen LogP contribution in [0.4, 0.5) is 5.69 Å². The average molecular weight is 402 g/mol. The Morgan fingerprint density at radius 3 is 2.93 bits per heavy atom. The Morgan fingerprint density at radius 1 is 1.20 bits per heavy atom. The van der Waals surface area contributed by atoms with Gasteiger partial charge in [-0.1, -0.05) is 30.3 Å². The van der Waals surface area contributed by atoms with E-state index in [0.29, 0.717) is 30.1 Å². The second-order valence-electron chi connectivity index (χ2n) is 7.72. The van der Waals surface area contributed by atoms with E-state index in [9.17, 15) is 9.59 Å². The number of nitrogens with zero attached hydrogens (tertiary/aromatic N) is 2. The van der Waals surface area contributed by atoms with E-state index in [1.165, 1.54) is 5.56 Å². The van der Waals surface area contributed by atoms with Crippen molar-refractivity contribution in [3.05, 3.63) is 77.4 Å². The first-order valence-electron chi connectivity index (χ1n) is 10.1. The first-order chi connectivity index (χ1) is 14.7. The molecule has 3 aromatic rings. The molecule has 7 nitrogen and oxygen atoms in total. The Balaban J connectivity index is 1.35. The minimum absolute atomic E-state index is 0.0343. The van der Waals surface area contributed by atoms with Crippen molar-refractivity contribution in [1.82, 2.24) is 14.9 Å². The summed E-state index contributed by atoms with van der Waals surface area (Å²) in [4.78, 5) is 34.3. The molecule has 0 saturated heterocycles. The number of aromatic amines is 1. The molecule has 0 bridgehead atoms. The van der Waals surface area contributed by atoms with Gasteiger partial charge in [-0.15, -0.1) is 0 Å². The lowest BCUT2D eigenvalue weighted by atomic mass is 9.91. The third kappa shape index (κ3) is 3.54. The maximum Gasteiger partial charge on any atom is 0.262 e. The van der Waals surface area contributed by atoms with Gasteiger partial charge in [0, 0.05) is 18.0 Å². The van der Waals surface area contributed by atoms with Crippen LogP contribution in [-0.2, 0) is 17.8 Å². The van der Waals surface area contributed by atoms with E-state index >= 15 is 0 Å². The lowest BCUT2D eigenvalue weighted by Gasteiger charge is -2.32. The second-order valence-corrected chi connectivity index (χ2v) is 7.72. The van der Waals surface area contributed by atoms with E-state index in [1.54, 1.807) is 24.5 Å². The van der Waals surface area contributed by atoms with Crippen molar-refractivity contribution in [3.63, 3.8) is 0 Å². The normalized spacial score (nSPS) is 17.5. The number of ether oxygens (including phenoxy) is 1. The molecule has 1 atom stereocenters. The number of benzene rings is 2. The van der Waals surface area contributed by atoms with Crippen molar-refractivity contribution in [2.24, 2.45) is 0 Å². The molecule has 2 aromatic carbocycles. The van der Waals surface area contributed by atoms with E-state index in [0.717, 1.165) is 24.2 Å². The average Bonchev–Trinajstić information content (AvgIpc) is 3.26. The van der Waals surface area contributed by atoms with Gasteiger partial charge in [0.1, 0.15) is 5.75 Å². The highest BCUT2D eigenvalue weighted by Crippen LogP contribution is 2.32. The molecule has 2 aliphatic heterocycles. The number of H-pyrrole nitrogens is 1. The number of amides is 2. The molecule has 30 heavy (non-hydrogen) atoms. The summed E-state index contributed by atoms with van der Waals surface area (Å²) >= 11 is 0. The zero-order chi connectivity index (χ0) is 20.5. The fraction of sp³-hybridized carbons (Fsp3) is 0.261. The van der Waals surface area contributed by atoms with Gasteiger partial charge in [0.05, 0.1) is 29.9 Å². The number of fused-ring (bicyclic) bond motifs is 2. The highest BCUT2D eigenvalue weighted by Gasteiger charge is 2.31. The van der Waals surface area contributed by atoms with Gasteiger partial charge in [0.2, 0.25) is 0 Å². The standard InChI is InChI=1S/C23H22N4O3/c28-21-13-30-20-10-16(8-9-18(20)26-21)23(29)27-11-17(22-19(12-27)24-14-25-22)7-6-15-4-2-1-3-5-15/h1-5,8-10,14,17H,6-7,11-13H2,(H,24,25)(H,26,28). The van der Waals surface area contributed by atoms with Crippen molar-refractivity contribution >= 4 is 17.5 Å². The monoisotopic (exact) mass is 402 g/mol. The molecule has 0 aliphatic carbocycles. The Hall–Kier alpha value is -3.61. The summed E-state index contributed by atoms with van der Waals surface area (Å²) in [5.41, 5.74) is 4.49. The van der Waals surface area contributed by atoms with Crippen LogP contribution in [0.25, 0.3) is 0 Å². The third-order valence-corrected chi connectivity index (χ3v) is 5.70. The smallest absolute Gasteiger partial charge is 0.262 e. The number of imidazole rings is 1. The summed E-state index contributed by atoms with van der Waals surface area (Å²) < 4.78 is 5.47. The Bertz CT molecular complexity index is 1090. The van der Waals surface area contributed by atoms with Gasteiger partial charge in [0.15, 0.2) is 6.61 Å². The summed E-state index contributed by atoms with van der Waals surface area (Å²) in [5, 5.41) is 2.75. The summed E-state index contributed by atoms with van der Waals surface area (Å²) in [7, 11) is 0. The van der Waals surface area contributed by atoms with Gasteiger partial charge in [-0.3, -0.25) is 9.59 Å². The number of anilines is 1. The van der Waals surface area contributed by atoms with E-state index in [4.69, 9.17) is 4.74 Å². The second kappa shape index (κ2) is 7.67. The minimum atomic E-state index is -0.189. The van der Waals surface area contributed by atoms with Crippen LogP contribution in [0.3, 0.4) is 0 Å². The number of carbonyl (C=O) groups excluding carboxylic acids is 2. The van der Waals surface area contributed by atoms with Crippen molar-refractivity contribution in [1.29, 1.82) is 0 Å². The number of aryl methyl sites for hydroxylation is 1. The highest BCUT2D eigenvalue weighted by molar-refractivity contribution is 5.99. The molecule has 1 unspecified atom stereocenters. The Morgan fingerprint density at radius 2 is 2.07 bits per heavy atom. The lowest BCUT2D eigenvalue weighted by molar-refractivity contribution is -0.118. The number of rotatable bonds is 4. The summed E-state index contributed by atoms with van der Waals surface area (Å²) in [6.45, 7) is 1.09. The van der Waals surface area contributed by atoms with Crippen LogP contribution in [0.2, 0.25) is 0 Å². The zero-order valence-corrected chi connectivity index (χ0v) is 16.4. The van der Waals surface area contributed by atoms with Crippen LogP contribution in [0.5, 0.6) is 5.75 Å². The predicted molar refractivity (Wildman–Crippen MR) is 111 cm³/mol. The Labute approximate surface area is 174 Å². The first kappa shape index (κ1) is 18.4. The quantitative estimate of drug-likeness (QED) is 0.702. The summed E-state index contributed by atoms with van der Waals surface area (Å²) in [6.07, 6.45) is 3.57. The topological polar surface area (TPSA) is 87.3 Å². The van der Waals surface area contributed by atoms with Gasteiger partial charge < -0.3 is 19.9 Å². The molecule has 0 saturated carbocycles. The molecule has 3 heterocycles. The van der Waals surface area contributed by atoms with Crippen molar-refractivity contribution < 1.29 is 14.3 Å². The highest BCUT2D eigenvalue weighted by atomic mass is 16.5. The molecule has 1 aromatic heterocycles. The van der Waals surface area contributed by atoms with Gasteiger partial charge in [-0.2, -0.15) is 0 Å². The largest absolute Gasteiger partial charge is 0.482 e. The molecule has 2 aliphatic rings. The maximum atomic E-state index is 13.3. The number of hydrogen-bond donors (Lipinski definition) is 2. The summed E-state index contributed by atoms with van der Waals surface area (Å²) in [6, 6.07) is 15.5. The summed E-state index contributed by atoms with van der Waals surface area (Å²) in [5.74, 6) is 0.464. The molecule has 0 radical (unpaired) electrons. The van der Waals surface area contributed by atoms with Crippen LogP contribution in [0.15, 0.2) is 54.9 Å². The van der Waals surface area contributed by atoms with Crippen LogP contribution in [0.1, 0.15) is 39.6 Å². The van der Waals surface area contributed by atoms with Crippen molar-refractivity contribution in [2.45, 2.75) is 25.3 Å². The number of carbonyl (C=O) groups is 2. The molecule has 7 heteroatoms. The minimum Gasteiger partial charge on any atom is -0.482 e. The molecule has 2 amide bonds. The van der Waals surface area contributed by atoms with E-state index in [-0.39, 0.29) is 24.3 Å². The fourth-order valence-corrected chi connectivity index (χ4v) is 4.18. The van der Waals surface area contributed by atoms with Crippen molar-refractivity contribution in [2.75, 3.05) is 18.5 Å². The van der Waals surface area contributed by atoms with Crippen molar-refractivity contribution in [3.8, 4) is 5.75 Å². The van der Waals surface area contributed by atoms with E-state index < -0.39 is 0 Å². The zero-order valence-electron chi connectivity index (χ0n) is 16.4.